The first-order chi connectivity index (χ1) is 17.4. The molecule has 0 aliphatic carbocycles. The van der Waals surface area contributed by atoms with Crippen molar-refractivity contribution in [3.05, 3.63) is 87.5 Å². The van der Waals surface area contributed by atoms with Gasteiger partial charge >= 0.3 is 0 Å². The number of carbonyl (C=O) groups excluding carboxylic acids is 1. The summed E-state index contributed by atoms with van der Waals surface area (Å²) in [5.41, 5.74) is 1.94. The number of benzene rings is 2. The van der Waals surface area contributed by atoms with Crippen molar-refractivity contribution >= 4 is 60.7 Å². The summed E-state index contributed by atoms with van der Waals surface area (Å²) >= 11 is 9.05. The Balaban J connectivity index is 1.31. The number of fused-ring (bicyclic) bond motifs is 1. The number of piperazine rings is 1. The molecule has 0 saturated carbocycles. The van der Waals surface area contributed by atoms with Crippen molar-refractivity contribution in [2.24, 2.45) is 0 Å². The second-order valence-corrected chi connectivity index (χ2v) is 13.1. The molecule has 1 aliphatic rings. The highest BCUT2D eigenvalue weighted by Gasteiger charge is 2.38. The Morgan fingerprint density at radius 3 is 2.72 bits per heavy atom. The summed E-state index contributed by atoms with van der Waals surface area (Å²) in [7, 11) is -3.76. The molecule has 5 rings (SSSR count). The summed E-state index contributed by atoms with van der Waals surface area (Å²) in [6.45, 7) is 5.14. The second-order valence-electron chi connectivity index (χ2n) is 8.56. The third kappa shape index (κ3) is 5.04. The minimum atomic E-state index is -3.76. The zero-order valence-electron chi connectivity index (χ0n) is 19.3. The summed E-state index contributed by atoms with van der Waals surface area (Å²) in [6, 6.07) is 16.8. The maximum Gasteiger partial charge on any atom is 0.225 e. The Kier molecular flexibility index (Phi) is 7.39. The SMILES string of the molecule is C=CC(c1cc2ccc(Cl)cc2s1)S(=O)(=O)N1CCN(Cc2nc(-c3ccccc3)cs2)C(C=O)C1. The maximum absolute atomic E-state index is 13.6. The highest BCUT2D eigenvalue weighted by atomic mass is 35.5. The fourth-order valence-corrected chi connectivity index (χ4v) is 8.67. The van der Waals surface area contributed by atoms with Crippen LogP contribution in [0.1, 0.15) is 15.1 Å². The number of rotatable bonds is 8. The summed E-state index contributed by atoms with van der Waals surface area (Å²) < 4.78 is 29.6. The number of thiophene rings is 1. The van der Waals surface area contributed by atoms with Crippen molar-refractivity contribution in [1.29, 1.82) is 0 Å². The fraction of sp³-hybridized carbons (Fsp3) is 0.231. The smallest absolute Gasteiger partial charge is 0.225 e. The van der Waals surface area contributed by atoms with E-state index in [1.165, 1.54) is 21.7 Å². The van der Waals surface area contributed by atoms with Gasteiger partial charge in [-0.25, -0.2) is 13.4 Å². The van der Waals surface area contributed by atoms with Crippen LogP contribution in [0.25, 0.3) is 21.3 Å². The van der Waals surface area contributed by atoms with Gasteiger partial charge in [0.15, 0.2) is 0 Å². The van der Waals surface area contributed by atoms with Gasteiger partial charge in [-0.3, -0.25) is 4.90 Å². The van der Waals surface area contributed by atoms with Gasteiger partial charge in [0, 0.05) is 45.2 Å². The number of sulfonamides is 1. The van der Waals surface area contributed by atoms with Gasteiger partial charge in [0.05, 0.1) is 18.3 Å². The average molecular weight is 558 g/mol. The summed E-state index contributed by atoms with van der Waals surface area (Å²) in [4.78, 5) is 19.4. The largest absolute Gasteiger partial charge is 0.302 e. The number of nitrogens with zero attached hydrogens (tertiary/aromatic N) is 3. The molecular formula is C26H24ClN3O3S3. The molecule has 0 spiro atoms. The molecule has 2 aromatic heterocycles. The van der Waals surface area contributed by atoms with Crippen LogP contribution < -0.4 is 0 Å². The zero-order valence-corrected chi connectivity index (χ0v) is 22.5. The lowest BCUT2D eigenvalue weighted by molar-refractivity contribution is -0.114. The molecule has 6 nitrogen and oxygen atoms in total. The number of halogens is 1. The van der Waals surface area contributed by atoms with Gasteiger partial charge in [-0.1, -0.05) is 54.1 Å². The summed E-state index contributed by atoms with van der Waals surface area (Å²) in [6.07, 6.45) is 2.29. The Morgan fingerprint density at radius 2 is 1.97 bits per heavy atom. The van der Waals surface area contributed by atoms with Gasteiger partial charge in [-0.15, -0.1) is 29.3 Å². The van der Waals surface area contributed by atoms with Crippen LogP contribution in [0.15, 0.2) is 72.6 Å². The topological polar surface area (TPSA) is 70.6 Å². The van der Waals surface area contributed by atoms with Crippen LogP contribution in [-0.4, -0.2) is 54.6 Å². The predicted octanol–water partition coefficient (Wildman–Crippen LogP) is 5.62. The van der Waals surface area contributed by atoms with Crippen LogP contribution in [-0.2, 0) is 21.4 Å². The Bertz CT molecular complexity index is 1500. The van der Waals surface area contributed by atoms with Crippen LogP contribution in [0.4, 0.5) is 0 Å². The van der Waals surface area contributed by atoms with Crippen LogP contribution in [0.5, 0.6) is 0 Å². The molecule has 0 bridgehead atoms. The van der Waals surface area contributed by atoms with E-state index in [0.29, 0.717) is 29.5 Å². The molecule has 0 amide bonds. The Morgan fingerprint density at radius 1 is 1.17 bits per heavy atom. The molecule has 1 fully saturated rings. The van der Waals surface area contributed by atoms with E-state index in [9.17, 15) is 13.2 Å². The predicted molar refractivity (Wildman–Crippen MR) is 148 cm³/mol. The van der Waals surface area contributed by atoms with E-state index in [4.69, 9.17) is 16.6 Å². The van der Waals surface area contributed by atoms with Gasteiger partial charge in [-0.05, 0) is 23.6 Å². The van der Waals surface area contributed by atoms with Gasteiger partial charge in [-0.2, -0.15) is 4.31 Å². The van der Waals surface area contributed by atoms with Crippen LogP contribution in [0.2, 0.25) is 5.02 Å². The molecule has 1 aliphatic heterocycles. The minimum Gasteiger partial charge on any atom is -0.302 e. The first-order valence-corrected chi connectivity index (χ1v) is 15.0. The normalized spacial score (nSPS) is 18.3. The first-order valence-electron chi connectivity index (χ1n) is 11.4. The minimum absolute atomic E-state index is 0.101. The van der Waals surface area contributed by atoms with Gasteiger partial charge in [0.25, 0.3) is 0 Å². The molecule has 36 heavy (non-hydrogen) atoms. The van der Waals surface area contributed by atoms with Crippen molar-refractivity contribution in [3.8, 4) is 11.3 Å². The number of aromatic nitrogens is 1. The van der Waals surface area contributed by atoms with E-state index in [2.05, 4.69) is 6.58 Å². The molecule has 0 radical (unpaired) electrons. The van der Waals surface area contributed by atoms with Crippen LogP contribution in [0.3, 0.4) is 0 Å². The number of aldehydes is 1. The third-order valence-electron chi connectivity index (χ3n) is 6.29. The molecule has 10 heteroatoms. The van der Waals surface area contributed by atoms with Crippen LogP contribution >= 0.6 is 34.3 Å². The van der Waals surface area contributed by atoms with E-state index in [1.807, 2.05) is 58.8 Å². The van der Waals surface area contributed by atoms with E-state index in [1.54, 1.807) is 17.4 Å². The highest BCUT2D eigenvalue weighted by molar-refractivity contribution is 7.89. The molecule has 186 valence electrons. The number of hydrogen-bond acceptors (Lipinski definition) is 7. The van der Waals surface area contributed by atoms with Gasteiger partial charge in [0.1, 0.15) is 16.5 Å². The summed E-state index contributed by atoms with van der Waals surface area (Å²) in [5, 5.41) is 3.56. The lowest BCUT2D eigenvalue weighted by atomic mass is 10.2. The number of carbonyl (C=O) groups is 1. The average Bonchev–Trinajstić information content (AvgIpc) is 3.51. The standard InChI is InChI=1S/C26H24ClN3O3S3/c1-2-25(24-12-19-8-9-20(27)13-23(19)35-24)36(32,33)30-11-10-29(21(14-30)16-31)15-26-28-22(17-34-26)18-6-4-3-5-7-18/h2-9,12-13,16-17,21,25H,1,10-11,14-15H2. The third-order valence-corrected chi connectivity index (χ3v) is 10.8. The number of hydrogen-bond donors (Lipinski definition) is 0. The molecule has 3 heterocycles. The van der Waals surface area contributed by atoms with Crippen molar-refractivity contribution in [1.82, 2.24) is 14.2 Å². The Labute approximate surface area is 223 Å². The molecule has 2 aromatic carbocycles. The summed E-state index contributed by atoms with van der Waals surface area (Å²) in [5.74, 6) is 0. The van der Waals surface area contributed by atoms with Crippen molar-refractivity contribution in [2.45, 2.75) is 17.8 Å². The molecule has 4 aromatic rings. The molecule has 2 atom stereocenters. The monoisotopic (exact) mass is 557 g/mol. The van der Waals surface area contributed by atoms with E-state index in [-0.39, 0.29) is 6.54 Å². The molecule has 1 saturated heterocycles. The van der Waals surface area contributed by atoms with Crippen molar-refractivity contribution in [2.75, 3.05) is 19.6 Å². The molecule has 0 N–H and O–H groups in total. The quantitative estimate of drug-likeness (QED) is 0.208. The highest BCUT2D eigenvalue weighted by Crippen LogP contribution is 2.37. The Hall–Kier alpha value is -2.40. The van der Waals surface area contributed by atoms with Crippen molar-refractivity contribution in [3.63, 3.8) is 0 Å². The molecule has 2 unspecified atom stereocenters. The van der Waals surface area contributed by atoms with E-state index < -0.39 is 21.3 Å². The van der Waals surface area contributed by atoms with E-state index in [0.717, 1.165) is 32.6 Å². The zero-order chi connectivity index (χ0) is 25.3. The van der Waals surface area contributed by atoms with Gasteiger partial charge < -0.3 is 4.79 Å². The fourth-order valence-electron chi connectivity index (χ4n) is 4.39. The maximum atomic E-state index is 13.6. The second kappa shape index (κ2) is 10.5. The van der Waals surface area contributed by atoms with Crippen molar-refractivity contribution < 1.29 is 13.2 Å². The lowest BCUT2D eigenvalue weighted by Gasteiger charge is -2.38. The van der Waals surface area contributed by atoms with Gasteiger partial charge in [0.2, 0.25) is 10.0 Å². The van der Waals surface area contributed by atoms with Crippen LogP contribution in [0, 0.1) is 0 Å². The number of thiazole rings is 1. The lowest BCUT2D eigenvalue weighted by Crippen LogP contribution is -2.55. The molecular weight excluding hydrogens is 534 g/mol. The van der Waals surface area contributed by atoms with E-state index >= 15 is 0 Å². The first kappa shape index (κ1) is 25.3.